The number of anilines is 1. The van der Waals surface area contributed by atoms with Gasteiger partial charge in [-0.1, -0.05) is 6.07 Å². The van der Waals surface area contributed by atoms with Crippen LogP contribution in [0.3, 0.4) is 0 Å². The van der Waals surface area contributed by atoms with Gasteiger partial charge in [0.25, 0.3) is 0 Å². The summed E-state index contributed by atoms with van der Waals surface area (Å²) in [4.78, 5) is 11.0. The number of hydrogen-bond acceptors (Lipinski definition) is 6. The van der Waals surface area contributed by atoms with Crippen molar-refractivity contribution in [2.75, 3.05) is 32.6 Å². The molecule has 6 nitrogen and oxygen atoms in total. The van der Waals surface area contributed by atoms with E-state index in [9.17, 15) is 0 Å². The number of rotatable bonds is 6. The normalized spacial score (nSPS) is 18.2. The summed E-state index contributed by atoms with van der Waals surface area (Å²) in [5.41, 5.74) is 1.23. The van der Waals surface area contributed by atoms with Gasteiger partial charge in [-0.25, -0.2) is 9.97 Å². The molecule has 1 fully saturated rings. The molecule has 0 spiro atoms. The van der Waals surface area contributed by atoms with E-state index in [-0.39, 0.29) is 0 Å². The molecule has 1 saturated heterocycles. The van der Waals surface area contributed by atoms with Crippen LogP contribution in [0.15, 0.2) is 36.7 Å². The molecule has 1 atom stereocenters. The number of likely N-dealkylation sites (tertiary alicyclic amines) is 1. The topological polar surface area (TPSA) is 59.5 Å². The first-order valence-corrected chi connectivity index (χ1v) is 8.25. The standard InChI is InChI=1S/C18H24N4O2/c1-23-16-7-6-14(11-17(16)24-2)12-22-10-3-5-15(13-22)21-18-19-8-4-9-20-18/h4,6-9,11,15H,3,5,10,12-13H2,1-2H3,(H,19,20,21). The van der Waals surface area contributed by atoms with Crippen molar-refractivity contribution < 1.29 is 9.47 Å². The fourth-order valence-corrected chi connectivity index (χ4v) is 3.11. The summed E-state index contributed by atoms with van der Waals surface area (Å²) in [6.07, 6.45) is 5.83. The number of nitrogens with zero attached hydrogens (tertiary/aromatic N) is 3. The average molecular weight is 328 g/mol. The molecule has 1 unspecified atom stereocenters. The van der Waals surface area contributed by atoms with E-state index >= 15 is 0 Å². The molecule has 1 aromatic heterocycles. The first kappa shape index (κ1) is 16.5. The minimum atomic E-state index is 0.376. The molecular formula is C18H24N4O2. The van der Waals surface area contributed by atoms with E-state index in [0.717, 1.165) is 44.0 Å². The minimum absolute atomic E-state index is 0.376. The van der Waals surface area contributed by atoms with Crippen molar-refractivity contribution in [3.8, 4) is 11.5 Å². The molecule has 0 saturated carbocycles. The first-order valence-electron chi connectivity index (χ1n) is 8.25. The second-order valence-electron chi connectivity index (χ2n) is 5.98. The molecule has 1 aromatic carbocycles. The zero-order valence-electron chi connectivity index (χ0n) is 14.2. The second-order valence-corrected chi connectivity index (χ2v) is 5.98. The fourth-order valence-electron chi connectivity index (χ4n) is 3.11. The van der Waals surface area contributed by atoms with Gasteiger partial charge in [-0.05, 0) is 43.1 Å². The lowest BCUT2D eigenvalue weighted by Gasteiger charge is -2.33. The van der Waals surface area contributed by atoms with Crippen molar-refractivity contribution in [1.29, 1.82) is 0 Å². The fraction of sp³-hybridized carbons (Fsp3) is 0.444. The van der Waals surface area contributed by atoms with Gasteiger partial charge in [-0.3, -0.25) is 4.90 Å². The van der Waals surface area contributed by atoms with Crippen LogP contribution in [0.25, 0.3) is 0 Å². The molecule has 0 radical (unpaired) electrons. The Bertz CT molecular complexity index is 651. The number of aromatic nitrogens is 2. The highest BCUT2D eigenvalue weighted by Gasteiger charge is 2.20. The Morgan fingerprint density at radius 1 is 1.17 bits per heavy atom. The van der Waals surface area contributed by atoms with Crippen LogP contribution in [0, 0.1) is 0 Å². The molecular weight excluding hydrogens is 304 g/mol. The monoisotopic (exact) mass is 328 g/mol. The molecule has 3 rings (SSSR count). The van der Waals surface area contributed by atoms with Gasteiger partial charge < -0.3 is 14.8 Å². The molecule has 1 aliphatic heterocycles. The van der Waals surface area contributed by atoms with Gasteiger partial charge >= 0.3 is 0 Å². The Hall–Kier alpha value is -2.34. The number of hydrogen-bond donors (Lipinski definition) is 1. The van der Waals surface area contributed by atoms with Crippen LogP contribution >= 0.6 is 0 Å². The van der Waals surface area contributed by atoms with Crippen molar-refractivity contribution in [3.05, 3.63) is 42.2 Å². The van der Waals surface area contributed by atoms with Crippen molar-refractivity contribution in [2.24, 2.45) is 0 Å². The summed E-state index contributed by atoms with van der Waals surface area (Å²) in [6.45, 7) is 2.98. The Kier molecular flexibility index (Phi) is 5.48. The van der Waals surface area contributed by atoms with Gasteiger partial charge in [0, 0.05) is 31.5 Å². The molecule has 2 heterocycles. The van der Waals surface area contributed by atoms with Gasteiger partial charge in [-0.2, -0.15) is 0 Å². The number of methoxy groups -OCH3 is 2. The van der Waals surface area contributed by atoms with E-state index in [2.05, 4.69) is 32.3 Å². The summed E-state index contributed by atoms with van der Waals surface area (Å²) >= 11 is 0. The van der Waals surface area contributed by atoms with Gasteiger partial charge in [0.05, 0.1) is 14.2 Å². The highest BCUT2D eigenvalue weighted by atomic mass is 16.5. The third-order valence-electron chi connectivity index (χ3n) is 4.26. The van der Waals surface area contributed by atoms with Crippen LogP contribution in [-0.4, -0.2) is 48.2 Å². The van der Waals surface area contributed by atoms with E-state index in [4.69, 9.17) is 9.47 Å². The largest absolute Gasteiger partial charge is 0.493 e. The zero-order chi connectivity index (χ0) is 16.8. The molecule has 6 heteroatoms. The Morgan fingerprint density at radius 2 is 1.96 bits per heavy atom. The number of benzene rings is 1. The van der Waals surface area contributed by atoms with Crippen molar-refractivity contribution in [2.45, 2.75) is 25.4 Å². The lowest BCUT2D eigenvalue weighted by molar-refractivity contribution is 0.208. The third kappa shape index (κ3) is 4.14. The van der Waals surface area contributed by atoms with Crippen LogP contribution in [0.2, 0.25) is 0 Å². The van der Waals surface area contributed by atoms with E-state index < -0.39 is 0 Å². The molecule has 1 aliphatic rings. The molecule has 0 aliphatic carbocycles. The lowest BCUT2D eigenvalue weighted by Crippen LogP contribution is -2.41. The van der Waals surface area contributed by atoms with Crippen LogP contribution < -0.4 is 14.8 Å². The number of ether oxygens (including phenoxy) is 2. The Labute approximate surface area is 142 Å². The number of piperidine rings is 1. The minimum Gasteiger partial charge on any atom is -0.493 e. The number of nitrogens with one attached hydrogen (secondary N) is 1. The van der Waals surface area contributed by atoms with Crippen molar-refractivity contribution in [1.82, 2.24) is 14.9 Å². The average Bonchev–Trinajstić information content (AvgIpc) is 2.63. The van der Waals surface area contributed by atoms with Gasteiger partial charge in [0.2, 0.25) is 5.95 Å². The Morgan fingerprint density at radius 3 is 2.71 bits per heavy atom. The van der Waals surface area contributed by atoms with E-state index in [1.165, 1.54) is 5.56 Å². The van der Waals surface area contributed by atoms with Crippen LogP contribution in [0.5, 0.6) is 11.5 Å². The zero-order valence-corrected chi connectivity index (χ0v) is 14.2. The summed E-state index contributed by atoms with van der Waals surface area (Å²) < 4.78 is 10.7. The molecule has 24 heavy (non-hydrogen) atoms. The summed E-state index contributed by atoms with van der Waals surface area (Å²) in [6, 6.07) is 8.32. The van der Waals surface area contributed by atoms with Gasteiger partial charge in [0.1, 0.15) is 0 Å². The maximum atomic E-state index is 5.39. The maximum Gasteiger partial charge on any atom is 0.222 e. The molecule has 128 valence electrons. The highest BCUT2D eigenvalue weighted by Crippen LogP contribution is 2.28. The van der Waals surface area contributed by atoms with E-state index in [0.29, 0.717) is 12.0 Å². The van der Waals surface area contributed by atoms with E-state index in [1.54, 1.807) is 26.6 Å². The van der Waals surface area contributed by atoms with Crippen molar-refractivity contribution >= 4 is 5.95 Å². The highest BCUT2D eigenvalue weighted by molar-refractivity contribution is 5.42. The lowest BCUT2D eigenvalue weighted by atomic mass is 10.0. The predicted molar refractivity (Wildman–Crippen MR) is 93.5 cm³/mol. The van der Waals surface area contributed by atoms with Crippen LogP contribution in [0.4, 0.5) is 5.95 Å². The summed E-state index contributed by atoms with van der Waals surface area (Å²) in [5, 5.41) is 3.43. The third-order valence-corrected chi connectivity index (χ3v) is 4.26. The van der Waals surface area contributed by atoms with Gasteiger partial charge in [0.15, 0.2) is 11.5 Å². The predicted octanol–water partition coefficient (Wildman–Crippen LogP) is 2.57. The second kappa shape index (κ2) is 7.97. The summed E-state index contributed by atoms with van der Waals surface area (Å²) in [5.74, 6) is 2.25. The molecule has 0 amide bonds. The van der Waals surface area contributed by atoms with Crippen molar-refractivity contribution in [3.63, 3.8) is 0 Å². The van der Waals surface area contributed by atoms with Crippen LogP contribution in [-0.2, 0) is 6.54 Å². The smallest absolute Gasteiger partial charge is 0.222 e. The molecule has 1 N–H and O–H groups in total. The molecule has 2 aromatic rings. The van der Waals surface area contributed by atoms with Gasteiger partial charge in [-0.15, -0.1) is 0 Å². The van der Waals surface area contributed by atoms with Crippen LogP contribution in [0.1, 0.15) is 18.4 Å². The SMILES string of the molecule is COc1ccc(CN2CCCC(Nc3ncccn3)C2)cc1OC. The molecule has 0 bridgehead atoms. The maximum absolute atomic E-state index is 5.39. The Balaban J connectivity index is 1.61. The quantitative estimate of drug-likeness (QED) is 0.879. The first-order chi connectivity index (χ1) is 11.8. The van der Waals surface area contributed by atoms with E-state index in [1.807, 2.05) is 12.1 Å². The summed E-state index contributed by atoms with van der Waals surface area (Å²) in [7, 11) is 3.33.